The van der Waals surface area contributed by atoms with Gasteiger partial charge in [0.25, 0.3) is 0 Å². The van der Waals surface area contributed by atoms with Gasteiger partial charge >= 0.3 is 0 Å². The van der Waals surface area contributed by atoms with E-state index in [1.165, 1.54) is 11.3 Å². The average Bonchev–Trinajstić information content (AvgIpc) is 2.35. The Morgan fingerprint density at radius 2 is 2.25 bits per heavy atom. The van der Waals surface area contributed by atoms with E-state index >= 15 is 0 Å². The molecule has 2 N–H and O–H groups in total. The molecular formula is C8H11BrO2S. The second-order valence-electron chi connectivity index (χ2n) is 2.96. The maximum Gasteiger partial charge on any atom is 0.113 e. The van der Waals surface area contributed by atoms with E-state index in [9.17, 15) is 10.2 Å². The third-order valence-electron chi connectivity index (χ3n) is 1.97. The maximum atomic E-state index is 9.81. The van der Waals surface area contributed by atoms with Crippen molar-refractivity contribution in [1.29, 1.82) is 0 Å². The van der Waals surface area contributed by atoms with Crippen LogP contribution in [0.25, 0.3) is 0 Å². The lowest BCUT2D eigenvalue weighted by atomic mass is 9.94. The molecule has 0 aromatic carbocycles. The van der Waals surface area contributed by atoms with Gasteiger partial charge in [0.2, 0.25) is 0 Å². The van der Waals surface area contributed by atoms with E-state index in [1.807, 2.05) is 11.4 Å². The topological polar surface area (TPSA) is 40.5 Å². The molecule has 1 aromatic heterocycles. The van der Waals surface area contributed by atoms with Gasteiger partial charge < -0.3 is 10.2 Å². The zero-order valence-electron chi connectivity index (χ0n) is 6.91. The summed E-state index contributed by atoms with van der Waals surface area (Å²) in [5.41, 5.74) is -0.405. The van der Waals surface area contributed by atoms with Crippen LogP contribution in [0, 0.1) is 0 Å². The molecule has 0 saturated carbocycles. The van der Waals surface area contributed by atoms with E-state index < -0.39 is 11.7 Å². The van der Waals surface area contributed by atoms with Gasteiger partial charge in [-0.05, 0) is 46.8 Å². The smallest absolute Gasteiger partial charge is 0.113 e. The second-order valence-corrected chi connectivity index (χ2v) is 5.25. The highest BCUT2D eigenvalue weighted by molar-refractivity contribution is 9.11. The number of hydrogen-bond acceptors (Lipinski definition) is 3. The molecule has 12 heavy (non-hydrogen) atoms. The molecule has 0 bridgehead atoms. The monoisotopic (exact) mass is 250 g/mol. The molecule has 4 heteroatoms. The minimum Gasteiger partial charge on any atom is -0.390 e. The second kappa shape index (κ2) is 3.46. The van der Waals surface area contributed by atoms with Crippen molar-refractivity contribution in [2.45, 2.75) is 25.6 Å². The highest BCUT2D eigenvalue weighted by Crippen LogP contribution is 2.31. The Kier molecular flexibility index (Phi) is 2.93. The third kappa shape index (κ3) is 1.88. The average molecular weight is 251 g/mol. The molecule has 2 unspecified atom stereocenters. The molecule has 68 valence electrons. The molecule has 0 saturated heterocycles. The van der Waals surface area contributed by atoms with Crippen LogP contribution in [0.4, 0.5) is 0 Å². The van der Waals surface area contributed by atoms with Crippen molar-refractivity contribution in [2.75, 3.05) is 0 Å². The zero-order valence-corrected chi connectivity index (χ0v) is 9.32. The molecule has 0 aliphatic heterocycles. The lowest BCUT2D eigenvalue weighted by Crippen LogP contribution is -2.33. The van der Waals surface area contributed by atoms with Crippen molar-refractivity contribution >= 4 is 27.3 Å². The minimum absolute atomic E-state index is 0.745. The molecule has 1 heterocycles. The highest BCUT2D eigenvalue weighted by Gasteiger charge is 2.29. The lowest BCUT2D eigenvalue weighted by molar-refractivity contribution is -0.0567. The van der Waals surface area contributed by atoms with Crippen molar-refractivity contribution < 1.29 is 10.2 Å². The quantitative estimate of drug-likeness (QED) is 0.845. The van der Waals surface area contributed by atoms with Crippen molar-refractivity contribution in [2.24, 2.45) is 0 Å². The number of thiophene rings is 1. The van der Waals surface area contributed by atoms with E-state index in [2.05, 4.69) is 15.9 Å². The van der Waals surface area contributed by atoms with Crippen LogP contribution in [0.2, 0.25) is 0 Å². The van der Waals surface area contributed by atoms with E-state index in [-0.39, 0.29) is 0 Å². The van der Waals surface area contributed by atoms with Gasteiger partial charge in [-0.2, -0.15) is 0 Å². The standard InChI is InChI=1S/C8H11BrO2S/c1-5(10)8(2,11)6-3-7(9)12-4-6/h3-5,10-11H,1-2H3. The fourth-order valence-corrected chi connectivity index (χ4v) is 2.08. The fourth-order valence-electron chi connectivity index (χ4n) is 0.817. The molecular weight excluding hydrogens is 240 g/mol. The zero-order chi connectivity index (χ0) is 9.35. The molecule has 0 amide bonds. The molecule has 2 atom stereocenters. The van der Waals surface area contributed by atoms with Gasteiger partial charge in [0.05, 0.1) is 9.89 Å². The Morgan fingerprint density at radius 1 is 1.67 bits per heavy atom. The summed E-state index contributed by atoms with van der Waals surface area (Å²) in [5.74, 6) is 0. The minimum atomic E-state index is -1.15. The summed E-state index contributed by atoms with van der Waals surface area (Å²) in [5, 5.41) is 20.9. The summed E-state index contributed by atoms with van der Waals surface area (Å²) >= 11 is 4.79. The third-order valence-corrected chi connectivity index (χ3v) is 3.47. The number of halogens is 1. The normalized spacial score (nSPS) is 18.8. The van der Waals surface area contributed by atoms with Crippen LogP contribution in [-0.4, -0.2) is 16.3 Å². The summed E-state index contributed by atoms with van der Waals surface area (Å²) in [6.07, 6.45) is -0.765. The Balaban J connectivity index is 2.97. The van der Waals surface area contributed by atoms with Crippen LogP contribution in [0.1, 0.15) is 19.4 Å². The van der Waals surface area contributed by atoms with Crippen molar-refractivity contribution in [3.63, 3.8) is 0 Å². The summed E-state index contributed by atoms with van der Waals surface area (Å²) in [7, 11) is 0. The predicted molar refractivity (Wildman–Crippen MR) is 53.3 cm³/mol. The van der Waals surface area contributed by atoms with Gasteiger partial charge in [-0.1, -0.05) is 0 Å². The lowest BCUT2D eigenvalue weighted by Gasteiger charge is -2.25. The fraction of sp³-hybridized carbons (Fsp3) is 0.500. The Hall–Kier alpha value is 0.100. The van der Waals surface area contributed by atoms with E-state index in [4.69, 9.17) is 0 Å². The summed E-state index contributed by atoms with van der Waals surface area (Å²) < 4.78 is 0.957. The molecule has 1 rings (SSSR count). The van der Waals surface area contributed by atoms with Gasteiger partial charge in [0, 0.05) is 0 Å². The molecule has 0 aliphatic carbocycles. The Bertz CT molecular complexity index is 268. The van der Waals surface area contributed by atoms with E-state index in [1.54, 1.807) is 13.8 Å². The summed E-state index contributed by atoms with van der Waals surface area (Å²) in [4.78, 5) is 0. The number of aliphatic hydroxyl groups is 2. The highest BCUT2D eigenvalue weighted by atomic mass is 79.9. The summed E-state index contributed by atoms with van der Waals surface area (Å²) in [6, 6.07) is 1.82. The predicted octanol–water partition coefficient (Wildman–Crippen LogP) is 2.10. The first-order valence-electron chi connectivity index (χ1n) is 3.59. The largest absolute Gasteiger partial charge is 0.390 e. The van der Waals surface area contributed by atoms with Gasteiger partial charge in [-0.25, -0.2) is 0 Å². The van der Waals surface area contributed by atoms with Gasteiger partial charge in [0.1, 0.15) is 5.60 Å². The molecule has 0 spiro atoms. The van der Waals surface area contributed by atoms with Crippen molar-refractivity contribution in [3.8, 4) is 0 Å². The van der Waals surface area contributed by atoms with Gasteiger partial charge in [-0.3, -0.25) is 0 Å². The molecule has 0 fully saturated rings. The van der Waals surface area contributed by atoms with Crippen LogP contribution < -0.4 is 0 Å². The van der Waals surface area contributed by atoms with Crippen LogP contribution in [0.15, 0.2) is 15.2 Å². The number of hydrogen-bond donors (Lipinski definition) is 2. The maximum absolute atomic E-state index is 9.81. The first-order valence-corrected chi connectivity index (χ1v) is 5.27. The SMILES string of the molecule is CC(O)C(C)(O)c1csc(Br)c1. The van der Waals surface area contributed by atoms with Crippen LogP contribution in [0.5, 0.6) is 0 Å². The molecule has 0 aliphatic rings. The molecule has 1 aromatic rings. The van der Waals surface area contributed by atoms with Crippen LogP contribution in [0.3, 0.4) is 0 Å². The van der Waals surface area contributed by atoms with Gasteiger partial charge in [-0.15, -0.1) is 11.3 Å². The Labute approximate surface area is 84.0 Å². The first-order chi connectivity index (χ1) is 5.44. The summed E-state index contributed by atoms with van der Waals surface area (Å²) in [6.45, 7) is 3.18. The van der Waals surface area contributed by atoms with E-state index in [0.29, 0.717) is 0 Å². The Morgan fingerprint density at radius 3 is 2.58 bits per heavy atom. The van der Waals surface area contributed by atoms with Crippen molar-refractivity contribution in [3.05, 3.63) is 20.8 Å². The molecule has 0 radical (unpaired) electrons. The van der Waals surface area contributed by atoms with Crippen LogP contribution in [-0.2, 0) is 5.60 Å². The van der Waals surface area contributed by atoms with Crippen molar-refractivity contribution in [1.82, 2.24) is 0 Å². The first kappa shape index (κ1) is 10.2. The molecule has 2 nitrogen and oxygen atoms in total. The van der Waals surface area contributed by atoms with Gasteiger partial charge in [0.15, 0.2) is 0 Å². The van der Waals surface area contributed by atoms with Crippen LogP contribution >= 0.6 is 27.3 Å². The number of aliphatic hydroxyl groups excluding tert-OH is 1. The number of rotatable bonds is 2. The van der Waals surface area contributed by atoms with E-state index in [0.717, 1.165) is 9.35 Å².